The van der Waals surface area contributed by atoms with Crippen LogP contribution in [0.3, 0.4) is 0 Å². The van der Waals surface area contributed by atoms with Gasteiger partial charge in [0.2, 0.25) is 0 Å². The zero-order chi connectivity index (χ0) is 12.8. The second-order valence-corrected chi connectivity index (χ2v) is 4.12. The number of urea groups is 1. The Labute approximate surface area is 111 Å². The molecule has 1 aromatic rings. The Kier molecular flexibility index (Phi) is 4.71. The number of ether oxygens (including phenoxy) is 1. The summed E-state index contributed by atoms with van der Waals surface area (Å²) in [4.78, 5) is 21.4. The number of halogens is 1. The number of nitrogens with one attached hydrogen (secondary N) is 1. The third-order valence-corrected chi connectivity index (χ3v) is 2.53. The number of hydrogen-bond acceptors (Lipinski definition) is 4. The van der Waals surface area contributed by atoms with Crippen molar-refractivity contribution in [3.63, 3.8) is 0 Å². The summed E-state index contributed by atoms with van der Waals surface area (Å²) in [5.41, 5.74) is 5.27. The molecule has 3 amide bonds. The lowest BCUT2D eigenvalue weighted by atomic mass is 10.2. The quantitative estimate of drug-likeness (QED) is 0.788. The SMILES string of the molecule is N#Cc1ccc(OCC(=O)NC(N)=O)c(I)c1. The van der Waals surface area contributed by atoms with Crippen molar-refractivity contribution < 1.29 is 14.3 Å². The number of amides is 3. The van der Waals surface area contributed by atoms with Crippen molar-refractivity contribution >= 4 is 34.5 Å². The number of carbonyl (C=O) groups is 2. The molecule has 0 fully saturated rings. The lowest BCUT2D eigenvalue weighted by molar-refractivity contribution is -0.121. The van der Waals surface area contributed by atoms with Gasteiger partial charge in [-0.25, -0.2) is 4.79 Å². The molecule has 0 saturated heterocycles. The monoisotopic (exact) mass is 345 g/mol. The summed E-state index contributed by atoms with van der Waals surface area (Å²) < 4.78 is 5.86. The van der Waals surface area contributed by atoms with Gasteiger partial charge in [0.15, 0.2) is 6.61 Å². The number of imide groups is 1. The maximum absolute atomic E-state index is 11.1. The van der Waals surface area contributed by atoms with Crippen LogP contribution < -0.4 is 15.8 Å². The minimum Gasteiger partial charge on any atom is -0.483 e. The van der Waals surface area contributed by atoms with Gasteiger partial charge < -0.3 is 10.5 Å². The molecule has 0 aliphatic heterocycles. The molecule has 0 heterocycles. The van der Waals surface area contributed by atoms with Crippen LogP contribution in [0.25, 0.3) is 0 Å². The first-order valence-corrected chi connectivity index (χ1v) is 5.52. The Morgan fingerprint density at radius 2 is 2.24 bits per heavy atom. The van der Waals surface area contributed by atoms with Crippen molar-refractivity contribution in [1.82, 2.24) is 5.32 Å². The molecule has 1 rings (SSSR count). The van der Waals surface area contributed by atoms with Gasteiger partial charge in [0.1, 0.15) is 5.75 Å². The van der Waals surface area contributed by atoms with Crippen molar-refractivity contribution in [3.05, 3.63) is 27.3 Å². The van der Waals surface area contributed by atoms with E-state index in [9.17, 15) is 9.59 Å². The van der Waals surface area contributed by atoms with Gasteiger partial charge in [0, 0.05) is 0 Å². The van der Waals surface area contributed by atoms with Gasteiger partial charge >= 0.3 is 6.03 Å². The van der Waals surface area contributed by atoms with Crippen molar-refractivity contribution in [3.8, 4) is 11.8 Å². The topological polar surface area (TPSA) is 105 Å². The molecule has 0 aliphatic rings. The predicted octanol–water partition coefficient (Wildman–Crippen LogP) is 0.737. The largest absolute Gasteiger partial charge is 0.483 e. The van der Waals surface area contributed by atoms with E-state index in [0.29, 0.717) is 14.9 Å². The first kappa shape index (κ1) is 13.2. The highest BCUT2D eigenvalue weighted by Gasteiger charge is 2.07. The average Bonchev–Trinajstić information content (AvgIpc) is 2.26. The first-order chi connectivity index (χ1) is 8.02. The molecule has 88 valence electrons. The van der Waals surface area contributed by atoms with Gasteiger partial charge in [-0.05, 0) is 40.8 Å². The fourth-order valence-electron chi connectivity index (χ4n) is 1.00. The Morgan fingerprint density at radius 3 is 2.76 bits per heavy atom. The molecule has 0 atom stereocenters. The molecule has 7 heteroatoms. The third-order valence-electron chi connectivity index (χ3n) is 1.68. The van der Waals surface area contributed by atoms with Crippen LogP contribution in [-0.4, -0.2) is 18.5 Å². The highest BCUT2D eigenvalue weighted by molar-refractivity contribution is 14.1. The highest BCUT2D eigenvalue weighted by Crippen LogP contribution is 2.21. The van der Waals surface area contributed by atoms with Crippen LogP contribution in [0.2, 0.25) is 0 Å². The molecule has 0 unspecified atom stereocenters. The van der Waals surface area contributed by atoms with E-state index < -0.39 is 11.9 Å². The molecule has 0 aliphatic carbocycles. The van der Waals surface area contributed by atoms with Gasteiger partial charge in [-0.15, -0.1) is 0 Å². The zero-order valence-corrected chi connectivity index (χ0v) is 10.7. The maximum Gasteiger partial charge on any atom is 0.318 e. The van der Waals surface area contributed by atoms with Crippen molar-refractivity contribution in [2.45, 2.75) is 0 Å². The number of benzene rings is 1. The molecular weight excluding hydrogens is 337 g/mol. The Bertz CT molecular complexity index is 496. The summed E-state index contributed by atoms with van der Waals surface area (Å²) in [6, 6.07) is 5.84. The Hall–Kier alpha value is -1.82. The fourth-order valence-corrected chi connectivity index (χ4v) is 1.68. The second-order valence-electron chi connectivity index (χ2n) is 2.96. The van der Waals surface area contributed by atoms with Crippen LogP contribution >= 0.6 is 22.6 Å². The molecule has 0 spiro atoms. The average molecular weight is 345 g/mol. The normalized spacial score (nSPS) is 9.18. The fraction of sp³-hybridized carbons (Fsp3) is 0.100. The molecular formula is C10H8IN3O3. The summed E-state index contributed by atoms with van der Waals surface area (Å²) in [6.45, 7) is -0.315. The van der Waals surface area contributed by atoms with E-state index in [1.807, 2.05) is 34.0 Å². The van der Waals surface area contributed by atoms with E-state index in [1.54, 1.807) is 18.2 Å². The van der Waals surface area contributed by atoms with Crippen LogP contribution in [-0.2, 0) is 4.79 Å². The number of nitriles is 1. The van der Waals surface area contributed by atoms with E-state index in [0.717, 1.165) is 0 Å². The van der Waals surface area contributed by atoms with E-state index >= 15 is 0 Å². The molecule has 17 heavy (non-hydrogen) atoms. The van der Waals surface area contributed by atoms with Gasteiger partial charge in [0.05, 0.1) is 15.2 Å². The van der Waals surface area contributed by atoms with Gasteiger partial charge in [-0.2, -0.15) is 5.26 Å². The van der Waals surface area contributed by atoms with Crippen molar-refractivity contribution in [2.75, 3.05) is 6.61 Å². The number of carbonyl (C=O) groups excluding carboxylic acids is 2. The number of nitrogens with two attached hydrogens (primary N) is 1. The standard InChI is InChI=1S/C10H8IN3O3/c11-7-3-6(4-12)1-2-8(7)17-5-9(15)14-10(13)16/h1-3H,5H2,(H3,13,14,15,16). The molecule has 0 saturated carbocycles. The molecule has 1 aromatic carbocycles. The lowest BCUT2D eigenvalue weighted by Gasteiger charge is -2.07. The minimum absolute atomic E-state index is 0.315. The van der Waals surface area contributed by atoms with Crippen molar-refractivity contribution in [2.24, 2.45) is 5.73 Å². The van der Waals surface area contributed by atoms with Crippen LogP contribution in [0.1, 0.15) is 5.56 Å². The summed E-state index contributed by atoms with van der Waals surface area (Å²) in [5.74, 6) is -0.165. The van der Waals surface area contributed by atoms with Gasteiger partial charge in [-0.1, -0.05) is 0 Å². The highest BCUT2D eigenvalue weighted by atomic mass is 127. The lowest BCUT2D eigenvalue weighted by Crippen LogP contribution is -2.38. The van der Waals surface area contributed by atoms with E-state index in [4.69, 9.17) is 15.7 Å². The number of hydrogen-bond donors (Lipinski definition) is 2. The Morgan fingerprint density at radius 1 is 1.53 bits per heavy atom. The summed E-state index contributed by atoms with van der Waals surface area (Å²) in [7, 11) is 0. The third kappa shape index (κ3) is 4.28. The predicted molar refractivity (Wildman–Crippen MR) is 67.1 cm³/mol. The van der Waals surface area contributed by atoms with Gasteiger partial charge in [0.25, 0.3) is 5.91 Å². The summed E-state index contributed by atoms with van der Waals surface area (Å²) >= 11 is 1.98. The maximum atomic E-state index is 11.1. The zero-order valence-electron chi connectivity index (χ0n) is 8.57. The molecule has 3 N–H and O–H groups in total. The number of primary amides is 1. The summed E-state index contributed by atoms with van der Waals surface area (Å²) in [6.07, 6.45) is 0. The second kappa shape index (κ2) is 6.05. The van der Waals surface area contributed by atoms with E-state index in [-0.39, 0.29) is 6.61 Å². The van der Waals surface area contributed by atoms with Crippen LogP contribution in [0.4, 0.5) is 4.79 Å². The molecule has 0 aromatic heterocycles. The number of rotatable bonds is 3. The number of nitrogens with zero attached hydrogens (tertiary/aromatic N) is 1. The first-order valence-electron chi connectivity index (χ1n) is 4.44. The minimum atomic E-state index is -0.923. The van der Waals surface area contributed by atoms with Gasteiger partial charge in [-0.3, -0.25) is 10.1 Å². The van der Waals surface area contributed by atoms with Crippen molar-refractivity contribution in [1.29, 1.82) is 5.26 Å². The molecule has 0 radical (unpaired) electrons. The Balaban J connectivity index is 2.61. The van der Waals surface area contributed by atoms with E-state index in [1.165, 1.54) is 0 Å². The van der Waals surface area contributed by atoms with Crippen LogP contribution in [0.5, 0.6) is 5.75 Å². The molecule has 0 bridgehead atoms. The smallest absolute Gasteiger partial charge is 0.318 e. The van der Waals surface area contributed by atoms with E-state index in [2.05, 4.69) is 0 Å². The molecule has 6 nitrogen and oxygen atoms in total. The van der Waals surface area contributed by atoms with Crippen LogP contribution in [0.15, 0.2) is 18.2 Å². The van der Waals surface area contributed by atoms with Crippen LogP contribution in [0, 0.1) is 14.9 Å². The summed E-state index contributed by atoms with van der Waals surface area (Å²) in [5, 5.41) is 10.5.